The molecule has 4 nitrogen and oxygen atoms in total. The highest BCUT2D eigenvalue weighted by Crippen LogP contribution is 2.76. The third-order valence-corrected chi connectivity index (χ3v) is 26.0. The van der Waals surface area contributed by atoms with Gasteiger partial charge >= 0.3 is 0 Å². The van der Waals surface area contributed by atoms with Gasteiger partial charge in [-0.3, -0.25) is 0 Å². The van der Waals surface area contributed by atoms with E-state index < -0.39 is 21.7 Å². The third kappa shape index (κ3) is 15.2. The molecule has 0 heterocycles. The smallest absolute Gasteiger partial charge is 0.0465 e. The lowest BCUT2D eigenvalue weighted by atomic mass is 9.39. The van der Waals surface area contributed by atoms with Gasteiger partial charge < -0.3 is 19.6 Å². The van der Waals surface area contributed by atoms with Gasteiger partial charge in [-0.1, -0.05) is 329 Å². The van der Waals surface area contributed by atoms with Crippen molar-refractivity contribution in [2.45, 2.75) is 262 Å². The normalized spacial score (nSPS) is 14.3. The lowest BCUT2D eigenvalue weighted by Gasteiger charge is -2.62. The Bertz CT molecular complexity index is 4720. The molecule has 0 aliphatic heterocycles. The molecule has 0 fully saturated rings. The lowest BCUT2D eigenvalue weighted by Crippen LogP contribution is -2.62. The molecule has 0 saturated heterocycles. The van der Waals surface area contributed by atoms with Gasteiger partial charge in [-0.25, -0.2) is 0 Å². The van der Waals surface area contributed by atoms with E-state index in [0.29, 0.717) is 0 Å². The van der Waals surface area contributed by atoms with E-state index >= 15 is 0 Å². The molecule has 118 heavy (non-hydrogen) atoms. The molecule has 12 aromatic rings. The highest BCUT2D eigenvalue weighted by molar-refractivity contribution is 5.96. The van der Waals surface area contributed by atoms with Crippen LogP contribution in [0.3, 0.4) is 0 Å². The second kappa shape index (κ2) is 29.4. The highest BCUT2D eigenvalue weighted by atomic mass is 15.2. The minimum Gasteiger partial charge on any atom is -0.310 e. The van der Waals surface area contributed by atoms with Gasteiger partial charge in [0.2, 0.25) is 0 Å². The van der Waals surface area contributed by atoms with E-state index in [0.717, 1.165) is 68.2 Å². The zero-order valence-corrected chi connectivity index (χ0v) is 77.2. The van der Waals surface area contributed by atoms with Gasteiger partial charge in [0.05, 0.1) is 0 Å². The fourth-order valence-corrected chi connectivity index (χ4v) is 19.4. The molecule has 2 aliphatic carbocycles. The maximum atomic E-state index is 2.67. The summed E-state index contributed by atoms with van der Waals surface area (Å²) in [5, 5.41) is 0. The van der Waals surface area contributed by atoms with Gasteiger partial charge in [-0.2, -0.15) is 0 Å². The second-order valence-electron chi connectivity index (χ2n) is 44.6. The van der Waals surface area contributed by atoms with Crippen molar-refractivity contribution in [1.29, 1.82) is 0 Å². The topological polar surface area (TPSA) is 13.0 Å². The van der Waals surface area contributed by atoms with Crippen LogP contribution in [0.4, 0.5) is 68.2 Å². The van der Waals surface area contributed by atoms with Crippen molar-refractivity contribution in [2.24, 2.45) is 10.8 Å². The SMILES string of the molecule is CC(C)(C)c1ccc(N(c2ccc(C(C)(C)C)cc2)c2ccc3c(c2)C(C(C)(C)C)(C2(C(C)(C)C)c4cc(N(c5ccc(C(C)(C)C)cc5)c5ccc(C(C)(C)C)cc5)ccc4-c4ccc(N(c5ccc(C(C)(C)C)cc5)c5ccc(C(C)(C)C)cc5)cc42)c2cc(N(c4ccc(C(C)(C)C)cc4)c4ccc(C(C)(C)C)cc4)ccc2-3)cc1. The molecule has 4 heteroatoms. The van der Waals surface area contributed by atoms with Crippen LogP contribution in [0.25, 0.3) is 22.3 Å². The van der Waals surface area contributed by atoms with E-state index in [4.69, 9.17) is 0 Å². The van der Waals surface area contributed by atoms with Crippen LogP contribution >= 0.6 is 0 Å². The van der Waals surface area contributed by atoms with Crippen LogP contribution in [0.5, 0.6) is 0 Å². The molecule has 14 rings (SSSR count). The van der Waals surface area contributed by atoms with Crippen molar-refractivity contribution in [3.05, 3.63) is 334 Å². The Morgan fingerprint density at radius 1 is 0.144 bits per heavy atom. The fraction of sp³-hybridized carbons (Fsp3) is 0.368. The summed E-state index contributed by atoms with van der Waals surface area (Å²) in [5.74, 6) is 0. The van der Waals surface area contributed by atoms with E-state index in [1.165, 1.54) is 89.0 Å². The van der Waals surface area contributed by atoms with E-state index in [1.54, 1.807) is 0 Å². The summed E-state index contributed by atoms with van der Waals surface area (Å²) in [7, 11) is 0. The number of fused-ring (bicyclic) bond motifs is 6. The first-order valence-corrected chi connectivity index (χ1v) is 43.5. The zero-order valence-electron chi connectivity index (χ0n) is 77.2. The molecule has 610 valence electrons. The molecule has 0 atom stereocenters. The van der Waals surface area contributed by atoms with Crippen molar-refractivity contribution >= 4 is 68.2 Å². The summed E-state index contributed by atoms with van der Waals surface area (Å²) in [4.78, 5) is 10.2. The van der Waals surface area contributed by atoms with Gasteiger partial charge in [0.1, 0.15) is 0 Å². The van der Waals surface area contributed by atoms with Crippen LogP contribution in [0.2, 0.25) is 0 Å². The monoisotopic (exact) mass is 1560 g/mol. The maximum absolute atomic E-state index is 2.67. The first-order valence-electron chi connectivity index (χ1n) is 43.5. The summed E-state index contributed by atoms with van der Waals surface area (Å²) < 4.78 is 0. The van der Waals surface area contributed by atoms with Gasteiger partial charge in [-0.15, -0.1) is 0 Å². The van der Waals surface area contributed by atoms with Crippen molar-refractivity contribution < 1.29 is 0 Å². The minimum atomic E-state index is -0.928. The Morgan fingerprint density at radius 3 is 0.356 bits per heavy atom. The lowest BCUT2D eigenvalue weighted by molar-refractivity contribution is 0.0594. The number of nitrogens with zero attached hydrogens (tertiary/aromatic N) is 4. The van der Waals surface area contributed by atoms with E-state index in [-0.39, 0.29) is 43.3 Å². The molecule has 0 radical (unpaired) electrons. The molecule has 0 spiro atoms. The summed E-state index contributed by atoms with van der Waals surface area (Å²) in [5.41, 5.74) is 30.4. The van der Waals surface area contributed by atoms with Crippen molar-refractivity contribution in [3.8, 4) is 22.3 Å². The Balaban J connectivity index is 1.16. The van der Waals surface area contributed by atoms with Crippen LogP contribution in [0, 0.1) is 10.8 Å². The Morgan fingerprint density at radius 2 is 0.254 bits per heavy atom. The molecule has 12 aromatic carbocycles. The first kappa shape index (κ1) is 84.3. The van der Waals surface area contributed by atoms with Crippen molar-refractivity contribution in [2.75, 3.05) is 19.6 Å². The van der Waals surface area contributed by atoms with E-state index in [9.17, 15) is 0 Å². The molecule has 0 amide bonds. The van der Waals surface area contributed by atoms with Gasteiger partial charge in [-0.05, 0) is 289 Å². The number of hydrogen-bond donors (Lipinski definition) is 0. The first-order chi connectivity index (χ1) is 54.8. The minimum absolute atomic E-state index is 0.0476. The third-order valence-electron chi connectivity index (χ3n) is 26.0. The second-order valence-corrected chi connectivity index (χ2v) is 44.6. The molecule has 2 aliphatic rings. The van der Waals surface area contributed by atoms with Crippen molar-refractivity contribution in [1.82, 2.24) is 0 Å². The molecule has 0 N–H and O–H groups in total. The van der Waals surface area contributed by atoms with Crippen LogP contribution in [-0.4, -0.2) is 0 Å². The summed E-state index contributed by atoms with van der Waals surface area (Å²) in [6, 6.07) is 106. The molecular weight excluding hydrogens is 1430 g/mol. The van der Waals surface area contributed by atoms with Gasteiger partial charge in [0, 0.05) is 79.1 Å². The fourth-order valence-electron chi connectivity index (χ4n) is 19.4. The Labute approximate surface area is 711 Å². The van der Waals surface area contributed by atoms with Crippen LogP contribution in [0.15, 0.2) is 267 Å². The number of benzene rings is 12. The maximum Gasteiger partial charge on any atom is 0.0465 e. The predicted molar refractivity (Wildman–Crippen MR) is 513 cm³/mol. The zero-order chi connectivity index (χ0) is 85.6. The van der Waals surface area contributed by atoms with Crippen LogP contribution < -0.4 is 19.6 Å². The Hall–Kier alpha value is -10.2. The molecule has 0 saturated carbocycles. The Kier molecular flexibility index (Phi) is 21.0. The summed E-state index contributed by atoms with van der Waals surface area (Å²) in [6.07, 6.45) is 0. The average molecular weight is 1560 g/mol. The number of anilines is 12. The molecular formula is C114H134N4. The molecule has 0 bridgehead atoms. The van der Waals surface area contributed by atoms with E-state index in [2.05, 4.69) is 494 Å². The van der Waals surface area contributed by atoms with Gasteiger partial charge in [0.15, 0.2) is 0 Å². The van der Waals surface area contributed by atoms with Crippen molar-refractivity contribution in [3.63, 3.8) is 0 Å². The standard InChI is InChI=1S/C114H134N4/c1-103(2,3)75-31-47-83(48-32-75)115(84-49-33-76(34-50-84)104(4,5)6)91-63-67-95-96-68-64-92(116(85-51-35-77(36-52-85)105(7,8)9)86-53-37-78(38-54-86)106(10,11)12)72-100(96)113(99(95)71-91,111(25,26)27)114(112(28,29)30)101-73-93(117(87-55-39-79(40-56-87)107(13,14)15)88-57-41-80(42-58-88)108(16,17)18)65-69-97(101)98-70-66-94(74-102(98)114)118(89-59-43-81(44-60-89)109(19,20)21)90-61-45-82(46-62-90)110(22,23)24/h31-74H,1-30H3. The molecule has 0 aromatic heterocycles. The summed E-state index contributed by atoms with van der Waals surface area (Å²) in [6.45, 7) is 71.2. The summed E-state index contributed by atoms with van der Waals surface area (Å²) >= 11 is 0. The van der Waals surface area contributed by atoms with Crippen LogP contribution in [0.1, 0.15) is 274 Å². The predicted octanol–water partition coefficient (Wildman–Crippen LogP) is 33.3. The quantitative estimate of drug-likeness (QED) is 0.114. The van der Waals surface area contributed by atoms with E-state index in [1.807, 2.05) is 0 Å². The largest absolute Gasteiger partial charge is 0.310 e. The molecule has 0 unspecified atom stereocenters. The average Bonchev–Trinajstić information content (AvgIpc) is 1.45. The highest BCUT2D eigenvalue weighted by Gasteiger charge is 2.71. The number of hydrogen-bond acceptors (Lipinski definition) is 4. The number of rotatable bonds is 13. The van der Waals surface area contributed by atoms with Gasteiger partial charge in [0.25, 0.3) is 0 Å². The van der Waals surface area contributed by atoms with Crippen LogP contribution in [-0.2, 0) is 54.1 Å².